The summed E-state index contributed by atoms with van der Waals surface area (Å²) in [5.74, 6) is -0.0421. The van der Waals surface area contributed by atoms with Crippen LogP contribution in [0.3, 0.4) is 0 Å². The Kier molecular flexibility index (Phi) is 2.56. The lowest BCUT2D eigenvalue weighted by Gasteiger charge is -2.15. The summed E-state index contributed by atoms with van der Waals surface area (Å²) in [5, 5.41) is 5.74. The summed E-state index contributed by atoms with van der Waals surface area (Å²) in [4.78, 5) is 23.4. The van der Waals surface area contributed by atoms with Gasteiger partial charge in [-0.05, 0) is 30.5 Å². The Morgan fingerprint density at radius 2 is 2.33 bits per heavy atom. The number of nitrogens with one attached hydrogen (secondary N) is 1. The summed E-state index contributed by atoms with van der Waals surface area (Å²) in [6, 6.07) is 5.45. The molecule has 5 heteroatoms. The first-order chi connectivity index (χ1) is 8.66. The van der Waals surface area contributed by atoms with Crippen LogP contribution in [0.2, 0.25) is 0 Å². The lowest BCUT2D eigenvalue weighted by molar-refractivity contribution is -0.117. The van der Waals surface area contributed by atoms with Gasteiger partial charge in [0, 0.05) is 18.3 Å². The molecular weight excluding hydrogens is 248 g/mol. The number of hydrogen-bond acceptors (Lipinski definition) is 3. The Bertz CT molecular complexity index is 626. The predicted molar refractivity (Wildman–Crippen MR) is 69.2 cm³/mol. The molecular formula is C13H12N2O2S. The van der Waals surface area contributed by atoms with Crippen molar-refractivity contribution in [3.8, 4) is 5.00 Å². The van der Waals surface area contributed by atoms with Gasteiger partial charge in [0.2, 0.25) is 0 Å². The smallest absolute Gasteiger partial charge is 0.254 e. The largest absolute Gasteiger partial charge is 0.343 e. The molecule has 0 saturated carbocycles. The number of thiophene rings is 1. The van der Waals surface area contributed by atoms with Crippen LogP contribution in [0.4, 0.5) is 0 Å². The van der Waals surface area contributed by atoms with E-state index in [1.54, 1.807) is 6.92 Å². The van der Waals surface area contributed by atoms with Crippen molar-refractivity contribution in [2.45, 2.75) is 19.4 Å². The molecule has 3 heterocycles. The van der Waals surface area contributed by atoms with Crippen LogP contribution in [-0.2, 0) is 4.79 Å². The maximum atomic E-state index is 12.1. The minimum atomic E-state index is -0.246. The van der Waals surface area contributed by atoms with Crippen molar-refractivity contribution >= 4 is 23.0 Å². The van der Waals surface area contributed by atoms with Crippen molar-refractivity contribution in [1.29, 1.82) is 0 Å². The SMILES string of the molecule is CC(=O)CC1NC(=O)c2ccsc2-n2cccc21. The van der Waals surface area contributed by atoms with Gasteiger partial charge in [-0.1, -0.05) is 0 Å². The van der Waals surface area contributed by atoms with Gasteiger partial charge in [-0.15, -0.1) is 11.3 Å². The van der Waals surface area contributed by atoms with Crippen LogP contribution in [0.5, 0.6) is 0 Å². The Morgan fingerprint density at radius 3 is 3.11 bits per heavy atom. The average molecular weight is 260 g/mol. The van der Waals surface area contributed by atoms with Gasteiger partial charge in [0.1, 0.15) is 10.8 Å². The molecule has 0 radical (unpaired) electrons. The standard InChI is InChI=1S/C13H12N2O2S/c1-8(16)7-10-11-3-2-5-15(11)13-9(4-6-18-13)12(17)14-10/h2-6,10H,7H2,1H3,(H,14,17). The zero-order chi connectivity index (χ0) is 12.7. The number of carbonyl (C=O) groups excluding carboxylic acids is 2. The maximum absolute atomic E-state index is 12.1. The second-order valence-electron chi connectivity index (χ2n) is 4.37. The van der Waals surface area contributed by atoms with E-state index in [4.69, 9.17) is 0 Å². The van der Waals surface area contributed by atoms with Crippen LogP contribution in [0.15, 0.2) is 29.8 Å². The fourth-order valence-electron chi connectivity index (χ4n) is 2.28. The van der Waals surface area contributed by atoms with E-state index in [-0.39, 0.29) is 17.7 Å². The lowest BCUT2D eigenvalue weighted by Crippen LogP contribution is -2.28. The second-order valence-corrected chi connectivity index (χ2v) is 5.27. The molecule has 2 aromatic rings. The fourth-order valence-corrected chi connectivity index (χ4v) is 3.18. The molecule has 18 heavy (non-hydrogen) atoms. The molecule has 3 rings (SSSR count). The van der Waals surface area contributed by atoms with Crippen molar-refractivity contribution in [2.24, 2.45) is 0 Å². The summed E-state index contributed by atoms with van der Waals surface area (Å²) >= 11 is 1.53. The van der Waals surface area contributed by atoms with Gasteiger partial charge in [-0.25, -0.2) is 0 Å². The van der Waals surface area contributed by atoms with Crippen molar-refractivity contribution in [1.82, 2.24) is 9.88 Å². The predicted octanol–water partition coefficient (Wildman–Crippen LogP) is 2.30. The Balaban J connectivity index is 2.13. The summed E-state index contributed by atoms with van der Waals surface area (Å²) in [6.45, 7) is 1.54. The third-order valence-corrected chi connectivity index (χ3v) is 3.95. The molecule has 0 spiro atoms. The molecule has 4 nitrogen and oxygen atoms in total. The van der Waals surface area contributed by atoms with E-state index < -0.39 is 0 Å². The molecule has 1 aliphatic rings. The number of amides is 1. The van der Waals surface area contributed by atoms with Gasteiger partial charge < -0.3 is 9.88 Å². The molecule has 92 valence electrons. The number of ketones is 1. The van der Waals surface area contributed by atoms with Crippen LogP contribution < -0.4 is 5.32 Å². The molecule has 1 aliphatic heterocycles. The average Bonchev–Trinajstić information content (AvgIpc) is 2.94. The number of carbonyl (C=O) groups is 2. The fraction of sp³-hybridized carbons (Fsp3) is 0.231. The van der Waals surface area contributed by atoms with Crippen molar-refractivity contribution in [3.05, 3.63) is 41.0 Å². The first-order valence-electron chi connectivity index (χ1n) is 5.72. The van der Waals surface area contributed by atoms with Gasteiger partial charge in [0.15, 0.2) is 0 Å². The number of hydrogen-bond donors (Lipinski definition) is 1. The lowest BCUT2D eigenvalue weighted by atomic mass is 10.1. The molecule has 0 aliphatic carbocycles. The van der Waals surface area contributed by atoms with E-state index in [2.05, 4.69) is 5.32 Å². The first kappa shape index (κ1) is 11.2. The van der Waals surface area contributed by atoms with Crippen LogP contribution >= 0.6 is 11.3 Å². The highest BCUT2D eigenvalue weighted by atomic mass is 32.1. The highest BCUT2D eigenvalue weighted by Crippen LogP contribution is 2.31. The molecule has 0 bridgehead atoms. The van der Waals surface area contributed by atoms with E-state index in [1.165, 1.54) is 11.3 Å². The topological polar surface area (TPSA) is 51.1 Å². The zero-order valence-electron chi connectivity index (χ0n) is 9.84. The monoisotopic (exact) mass is 260 g/mol. The van der Waals surface area contributed by atoms with Crippen LogP contribution in [0, 0.1) is 0 Å². The third-order valence-electron chi connectivity index (χ3n) is 3.04. The summed E-state index contributed by atoms with van der Waals surface area (Å²) in [7, 11) is 0. The molecule has 1 atom stereocenters. The van der Waals surface area contributed by atoms with Gasteiger partial charge in [-0.3, -0.25) is 9.59 Å². The Labute approximate surface area is 108 Å². The van der Waals surface area contributed by atoms with E-state index in [9.17, 15) is 9.59 Å². The minimum Gasteiger partial charge on any atom is -0.343 e. The van der Waals surface area contributed by atoms with E-state index in [0.29, 0.717) is 12.0 Å². The zero-order valence-corrected chi connectivity index (χ0v) is 10.7. The summed E-state index contributed by atoms with van der Waals surface area (Å²) in [5.41, 5.74) is 1.63. The molecule has 0 saturated heterocycles. The van der Waals surface area contributed by atoms with Crippen LogP contribution in [0.1, 0.15) is 35.4 Å². The quantitative estimate of drug-likeness (QED) is 0.900. The third kappa shape index (κ3) is 1.67. The van der Waals surface area contributed by atoms with E-state index >= 15 is 0 Å². The molecule has 1 amide bonds. The Hall–Kier alpha value is -1.88. The molecule has 1 N–H and O–H groups in total. The van der Waals surface area contributed by atoms with Crippen molar-refractivity contribution in [2.75, 3.05) is 0 Å². The minimum absolute atomic E-state index is 0.0679. The maximum Gasteiger partial charge on any atom is 0.254 e. The van der Waals surface area contributed by atoms with E-state index in [0.717, 1.165) is 10.7 Å². The number of fused-ring (bicyclic) bond motifs is 3. The van der Waals surface area contributed by atoms with Crippen LogP contribution in [0.25, 0.3) is 5.00 Å². The van der Waals surface area contributed by atoms with Crippen molar-refractivity contribution < 1.29 is 9.59 Å². The highest BCUT2D eigenvalue weighted by Gasteiger charge is 2.27. The van der Waals surface area contributed by atoms with E-state index in [1.807, 2.05) is 34.3 Å². The molecule has 2 aromatic heterocycles. The number of aromatic nitrogens is 1. The molecule has 1 unspecified atom stereocenters. The van der Waals surface area contributed by atoms with Crippen LogP contribution in [-0.4, -0.2) is 16.3 Å². The Morgan fingerprint density at radius 1 is 1.50 bits per heavy atom. The number of nitrogens with zero attached hydrogens (tertiary/aromatic N) is 1. The van der Waals surface area contributed by atoms with Gasteiger partial charge >= 0.3 is 0 Å². The van der Waals surface area contributed by atoms with Gasteiger partial charge in [0.25, 0.3) is 5.91 Å². The number of rotatable bonds is 2. The first-order valence-corrected chi connectivity index (χ1v) is 6.60. The molecule has 0 fully saturated rings. The number of Topliss-reactive ketones (excluding diaryl/α,β-unsaturated/α-hetero) is 1. The highest BCUT2D eigenvalue weighted by molar-refractivity contribution is 7.13. The summed E-state index contributed by atoms with van der Waals surface area (Å²) in [6.07, 6.45) is 2.25. The normalized spacial score (nSPS) is 17.6. The summed E-state index contributed by atoms with van der Waals surface area (Å²) < 4.78 is 1.99. The van der Waals surface area contributed by atoms with Gasteiger partial charge in [0.05, 0.1) is 11.6 Å². The molecule has 0 aromatic carbocycles. The second kappa shape index (κ2) is 4.10. The van der Waals surface area contributed by atoms with Gasteiger partial charge in [-0.2, -0.15) is 0 Å². The van der Waals surface area contributed by atoms with Crippen molar-refractivity contribution in [3.63, 3.8) is 0 Å².